The van der Waals surface area contributed by atoms with Crippen LogP contribution >= 0.6 is 0 Å². The van der Waals surface area contributed by atoms with E-state index in [1.54, 1.807) is 0 Å². The van der Waals surface area contributed by atoms with Crippen LogP contribution in [0, 0.1) is 17.8 Å². The Kier molecular flexibility index (Phi) is 5.08. The van der Waals surface area contributed by atoms with Crippen LogP contribution in [0.3, 0.4) is 0 Å². The summed E-state index contributed by atoms with van der Waals surface area (Å²) in [6.45, 7) is 13.3. The van der Waals surface area contributed by atoms with Gasteiger partial charge < -0.3 is 5.32 Å². The van der Waals surface area contributed by atoms with Crippen LogP contribution in [-0.2, 0) is 0 Å². The summed E-state index contributed by atoms with van der Waals surface area (Å²) in [6.07, 6.45) is 5.52. The largest absolute Gasteiger partial charge is 0.313 e. The van der Waals surface area contributed by atoms with Crippen molar-refractivity contribution in [3.63, 3.8) is 0 Å². The van der Waals surface area contributed by atoms with Crippen molar-refractivity contribution in [3.8, 4) is 0 Å². The van der Waals surface area contributed by atoms with E-state index in [4.69, 9.17) is 0 Å². The smallest absolute Gasteiger partial charge is 0.0198 e. The van der Waals surface area contributed by atoms with E-state index in [-0.39, 0.29) is 0 Å². The van der Waals surface area contributed by atoms with Gasteiger partial charge in [0.2, 0.25) is 0 Å². The molecule has 0 amide bonds. The molecule has 2 nitrogen and oxygen atoms in total. The van der Waals surface area contributed by atoms with Gasteiger partial charge in [0.05, 0.1) is 0 Å². The Morgan fingerprint density at radius 3 is 2.50 bits per heavy atom. The Bertz CT molecular complexity index is 251. The van der Waals surface area contributed by atoms with Crippen molar-refractivity contribution in [1.29, 1.82) is 0 Å². The van der Waals surface area contributed by atoms with E-state index in [1.165, 1.54) is 45.3 Å². The summed E-state index contributed by atoms with van der Waals surface area (Å²) in [4.78, 5) is 2.80. The summed E-state index contributed by atoms with van der Waals surface area (Å²) < 4.78 is 0. The first-order valence-electron chi connectivity index (χ1n) is 8.09. The third-order valence-corrected chi connectivity index (χ3v) is 5.18. The topological polar surface area (TPSA) is 15.3 Å². The van der Waals surface area contributed by atoms with Gasteiger partial charge in [-0.05, 0) is 50.0 Å². The number of rotatable bonds is 5. The molecule has 4 atom stereocenters. The van der Waals surface area contributed by atoms with Gasteiger partial charge >= 0.3 is 0 Å². The van der Waals surface area contributed by atoms with Crippen molar-refractivity contribution < 1.29 is 0 Å². The molecule has 18 heavy (non-hydrogen) atoms. The molecule has 1 saturated carbocycles. The number of hydrogen-bond donors (Lipinski definition) is 1. The zero-order valence-corrected chi connectivity index (χ0v) is 12.8. The van der Waals surface area contributed by atoms with E-state index in [2.05, 4.69) is 37.9 Å². The SMILES string of the molecule is CCCNC1CC(C(C)C)CN(C2CCC2C)C1. The number of hydrogen-bond acceptors (Lipinski definition) is 2. The van der Waals surface area contributed by atoms with Crippen LogP contribution in [0.1, 0.15) is 53.4 Å². The van der Waals surface area contributed by atoms with Gasteiger partial charge in [-0.25, -0.2) is 0 Å². The Balaban J connectivity index is 1.92. The fourth-order valence-corrected chi connectivity index (χ4v) is 3.62. The van der Waals surface area contributed by atoms with Crippen molar-refractivity contribution in [3.05, 3.63) is 0 Å². The Hall–Kier alpha value is -0.0800. The minimum Gasteiger partial charge on any atom is -0.313 e. The summed E-state index contributed by atoms with van der Waals surface area (Å²) in [5.41, 5.74) is 0. The van der Waals surface area contributed by atoms with Crippen LogP contribution in [-0.4, -0.2) is 36.6 Å². The minimum atomic E-state index is 0.735. The minimum absolute atomic E-state index is 0.735. The van der Waals surface area contributed by atoms with Crippen molar-refractivity contribution in [2.75, 3.05) is 19.6 Å². The molecule has 0 aromatic heterocycles. The third-order valence-electron chi connectivity index (χ3n) is 5.18. The standard InChI is InChI=1S/C16H32N2/c1-5-8-17-15-9-14(12(2)3)10-18(11-15)16-7-6-13(16)4/h12-17H,5-11H2,1-4H3. The lowest BCUT2D eigenvalue weighted by molar-refractivity contribution is 0.0133. The molecule has 0 spiro atoms. The second-order valence-corrected chi connectivity index (χ2v) is 6.97. The number of likely N-dealkylation sites (tertiary alicyclic amines) is 1. The van der Waals surface area contributed by atoms with Gasteiger partial charge in [0.25, 0.3) is 0 Å². The molecule has 0 radical (unpaired) electrons. The molecule has 2 aliphatic rings. The summed E-state index contributed by atoms with van der Waals surface area (Å²) in [5, 5.41) is 3.76. The van der Waals surface area contributed by atoms with Crippen molar-refractivity contribution >= 4 is 0 Å². The normalized spacial score (nSPS) is 37.8. The van der Waals surface area contributed by atoms with Gasteiger partial charge in [0.15, 0.2) is 0 Å². The second-order valence-electron chi connectivity index (χ2n) is 6.97. The Morgan fingerprint density at radius 2 is 2.00 bits per heavy atom. The Labute approximate surface area is 114 Å². The summed E-state index contributed by atoms with van der Waals surface area (Å²) >= 11 is 0. The third kappa shape index (κ3) is 3.27. The zero-order chi connectivity index (χ0) is 13.1. The van der Waals surface area contributed by atoms with Crippen LogP contribution in [0.15, 0.2) is 0 Å². The zero-order valence-electron chi connectivity index (χ0n) is 12.8. The molecule has 0 bridgehead atoms. The van der Waals surface area contributed by atoms with Gasteiger partial charge in [-0.15, -0.1) is 0 Å². The fourth-order valence-electron chi connectivity index (χ4n) is 3.62. The molecule has 1 heterocycles. The molecule has 1 N–H and O–H groups in total. The van der Waals surface area contributed by atoms with Gasteiger partial charge in [0.1, 0.15) is 0 Å². The van der Waals surface area contributed by atoms with Crippen LogP contribution in [0.25, 0.3) is 0 Å². The highest BCUT2D eigenvalue weighted by atomic mass is 15.2. The van der Waals surface area contributed by atoms with E-state index in [9.17, 15) is 0 Å². The van der Waals surface area contributed by atoms with Crippen LogP contribution in [0.5, 0.6) is 0 Å². The van der Waals surface area contributed by atoms with E-state index in [0.29, 0.717) is 0 Å². The first-order valence-corrected chi connectivity index (χ1v) is 8.09. The van der Waals surface area contributed by atoms with Crippen molar-refractivity contribution in [2.24, 2.45) is 17.8 Å². The monoisotopic (exact) mass is 252 g/mol. The van der Waals surface area contributed by atoms with E-state index >= 15 is 0 Å². The summed E-state index contributed by atoms with van der Waals surface area (Å²) in [5.74, 6) is 2.65. The van der Waals surface area contributed by atoms with Crippen LogP contribution in [0.4, 0.5) is 0 Å². The molecule has 1 aliphatic carbocycles. The molecule has 2 heteroatoms. The highest BCUT2D eigenvalue weighted by Crippen LogP contribution is 2.35. The molecule has 4 unspecified atom stereocenters. The average Bonchev–Trinajstić information content (AvgIpc) is 2.34. The van der Waals surface area contributed by atoms with Crippen LogP contribution < -0.4 is 5.32 Å². The van der Waals surface area contributed by atoms with Crippen LogP contribution in [0.2, 0.25) is 0 Å². The van der Waals surface area contributed by atoms with Gasteiger partial charge in [-0.3, -0.25) is 4.90 Å². The summed E-state index contributed by atoms with van der Waals surface area (Å²) in [6, 6.07) is 1.62. The molecule has 1 aliphatic heterocycles. The molecule has 1 saturated heterocycles. The first-order chi connectivity index (χ1) is 8.61. The lowest BCUT2D eigenvalue weighted by Gasteiger charge is -2.49. The maximum atomic E-state index is 3.76. The number of nitrogens with one attached hydrogen (secondary N) is 1. The number of piperidine rings is 1. The quantitative estimate of drug-likeness (QED) is 0.809. The predicted molar refractivity (Wildman–Crippen MR) is 78.8 cm³/mol. The first kappa shape index (κ1) is 14.3. The van der Waals surface area contributed by atoms with Crippen molar-refractivity contribution in [2.45, 2.75) is 65.5 Å². The molecule has 0 aromatic carbocycles. The van der Waals surface area contributed by atoms with Crippen molar-refractivity contribution in [1.82, 2.24) is 10.2 Å². The van der Waals surface area contributed by atoms with Gasteiger partial charge in [-0.1, -0.05) is 27.7 Å². The molecule has 106 valence electrons. The number of nitrogens with zero attached hydrogens (tertiary/aromatic N) is 1. The predicted octanol–water partition coefficient (Wildman–Crippen LogP) is 3.13. The highest BCUT2D eigenvalue weighted by Gasteiger charge is 2.37. The fraction of sp³-hybridized carbons (Fsp3) is 1.00. The maximum absolute atomic E-state index is 3.76. The lowest BCUT2D eigenvalue weighted by atomic mass is 9.77. The molecule has 2 rings (SSSR count). The Morgan fingerprint density at radius 1 is 1.22 bits per heavy atom. The highest BCUT2D eigenvalue weighted by molar-refractivity contribution is 4.93. The molecular weight excluding hydrogens is 220 g/mol. The van der Waals surface area contributed by atoms with E-state index in [0.717, 1.165) is 29.8 Å². The molecular formula is C16H32N2. The molecule has 2 fully saturated rings. The summed E-state index contributed by atoms with van der Waals surface area (Å²) in [7, 11) is 0. The van der Waals surface area contributed by atoms with Gasteiger partial charge in [0, 0.05) is 25.2 Å². The average molecular weight is 252 g/mol. The molecule has 0 aromatic rings. The lowest BCUT2D eigenvalue weighted by Crippen LogP contribution is -2.57. The maximum Gasteiger partial charge on any atom is 0.0198 e. The van der Waals surface area contributed by atoms with E-state index in [1.807, 2.05) is 0 Å². The second kappa shape index (κ2) is 6.38. The van der Waals surface area contributed by atoms with E-state index < -0.39 is 0 Å². The van der Waals surface area contributed by atoms with Gasteiger partial charge in [-0.2, -0.15) is 0 Å².